The number of β-lactam (4-membered cyclic amide) rings is 1. The first kappa shape index (κ1) is 45.9. The van der Waals surface area contributed by atoms with E-state index in [0.29, 0.717) is 30.4 Å². The minimum absolute atomic E-state index is 0.0446. The summed E-state index contributed by atoms with van der Waals surface area (Å²) in [6.45, 7) is 16.8. The Morgan fingerprint density at radius 2 is 1.44 bits per heavy atom. The van der Waals surface area contributed by atoms with Gasteiger partial charge in [0.2, 0.25) is 5.91 Å². The summed E-state index contributed by atoms with van der Waals surface area (Å²) in [4.78, 5) is 64.0. The Morgan fingerprint density at radius 1 is 0.887 bits per heavy atom. The minimum atomic E-state index is -3.25. The highest BCUT2D eigenvalue weighted by atomic mass is 31.2. The van der Waals surface area contributed by atoms with Gasteiger partial charge in [0.25, 0.3) is 0 Å². The number of likely N-dealkylation sites (tertiary alicyclic amines) is 1. The molecule has 3 aromatic carbocycles. The summed E-state index contributed by atoms with van der Waals surface area (Å²) in [7, 11) is -2.43. The van der Waals surface area contributed by atoms with Crippen LogP contribution in [0.5, 0.6) is 0 Å². The standard InChI is InChI=1S/C50H58N3O7PSi/c1-9-31-58-48(56)47(61(38-22-14-11-15-23-38,39-24-16-12-17-25-39)40-26-18-13-19-27-40)53-44(43(46(53)55)35(3)60-62(7,8)50(4,5)6)41-28-20-21-37(45(41)54)33-36-29-30-51-42(34-36)52-49(57)59-32-10-2/h9-19,22-27,29-30,33-35,41,43-44H,1-2,20-21,28,31-32H2,3-8H3,(H,51,52,57)/t35-,41-,43-,44-/m1/s1. The minimum Gasteiger partial charge on any atom is -0.457 e. The maximum Gasteiger partial charge on any atom is 0.413 e. The molecule has 0 bridgehead atoms. The molecule has 2 aliphatic rings. The lowest BCUT2D eigenvalue weighted by atomic mass is 9.69. The van der Waals surface area contributed by atoms with Gasteiger partial charge in [0, 0.05) is 19.0 Å². The number of carbonyl (C=O) groups excluding carboxylic acids is 4. The fourth-order valence-electron chi connectivity index (χ4n) is 8.32. The number of allylic oxidation sites excluding steroid dienone is 1. The quantitative estimate of drug-likeness (QED) is 0.0315. The molecule has 324 valence electrons. The largest absolute Gasteiger partial charge is 0.457 e. The van der Waals surface area contributed by atoms with Crippen molar-refractivity contribution in [1.82, 2.24) is 9.88 Å². The van der Waals surface area contributed by atoms with E-state index in [-0.39, 0.29) is 41.2 Å². The molecule has 1 aliphatic heterocycles. The van der Waals surface area contributed by atoms with Gasteiger partial charge in [-0.1, -0.05) is 137 Å². The number of carbonyl (C=O) groups is 4. The number of Topliss-reactive ketones (excluding diaryl/α,β-unsaturated/α-hetero) is 1. The topological polar surface area (TPSA) is 124 Å². The van der Waals surface area contributed by atoms with E-state index < -0.39 is 51.2 Å². The van der Waals surface area contributed by atoms with Crippen LogP contribution in [0.25, 0.3) is 6.08 Å². The number of hydrogen-bond donors (Lipinski definition) is 1. The molecule has 10 nitrogen and oxygen atoms in total. The Morgan fingerprint density at radius 3 is 1.97 bits per heavy atom. The molecule has 2 fully saturated rings. The van der Waals surface area contributed by atoms with Crippen molar-refractivity contribution >= 4 is 72.2 Å². The molecule has 1 aromatic heterocycles. The summed E-state index contributed by atoms with van der Waals surface area (Å²) < 4.78 is 18.1. The van der Waals surface area contributed by atoms with E-state index in [9.17, 15) is 4.79 Å². The number of esters is 1. The van der Waals surface area contributed by atoms with Gasteiger partial charge in [-0.05, 0) is 89.6 Å². The van der Waals surface area contributed by atoms with Crippen LogP contribution in [0.15, 0.2) is 140 Å². The number of benzene rings is 3. The zero-order chi connectivity index (χ0) is 44.7. The van der Waals surface area contributed by atoms with E-state index in [0.717, 1.165) is 15.9 Å². The van der Waals surface area contributed by atoms with Crippen LogP contribution in [-0.2, 0) is 28.3 Å². The van der Waals surface area contributed by atoms with E-state index in [1.807, 2.05) is 104 Å². The number of rotatable bonds is 15. The van der Waals surface area contributed by atoms with Crippen LogP contribution in [0, 0.1) is 11.8 Å². The second-order valence-electron chi connectivity index (χ2n) is 17.2. The molecule has 12 heteroatoms. The summed E-state index contributed by atoms with van der Waals surface area (Å²) in [5, 5.41) is 5.04. The molecule has 1 saturated heterocycles. The molecule has 0 unspecified atom stereocenters. The molecule has 1 N–H and O–H groups in total. The fraction of sp³-hybridized carbons (Fsp3) is 0.320. The van der Waals surface area contributed by atoms with E-state index in [1.54, 1.807) is 23.2 Å². The van der Waals surface area contributed by atoms with E-state index in [2.05, 4.69) is 57.3 Å². The van der Waals surface area contributed by atoms with Gasteiger partial charge in [-0.15, -0.1) is 0 Å². The monoisotopic (exact) mass is 871 g/mol. The first-order chi connectivity index (χ1) is 29.6. The molecule has 6 rings (SSSR count). The number of nitrogens with one attached hydrogen (secondary N) is 1. The molecule has 4 atom stereocenters. The second kappa shape index (κ2) is 19.6. The van der Waals surface area contributed by atoms with Crippen molar-refractivity contribution in [2.24, 2.45) is 11.8 Å². The molecular formula is C50H58N3O7PSi. The van der Waals surface area contributed by atoms with Crippen molar-refractivity contribution < 1.29 is 33.1 Å². The van der Waals surface area contributed by atoms with Crippen molar-refractivity contribution in [3.8, 4) is 0 Å². The van der Waals surface area contributed by atoms with Gasteiger partial charge >= 0.3 is 12.1 Å². The molecule has 0 radical (unpaired) electrons. The molecule has 1 saturated carbocycles. The summed E-state index contributed by atoms with van der Waals surface area (Å²) in [5.41, 5.74) is 1.46. The van der Waals surface area contributed by atoms with Gasteiger partial charge in [-0.2, -0.15) is 0 Å². The molecule has 1 aliphatic carbocycles. The third-order valence-electron chi connectivity index (χ3n) is 12.2. The Bertz CT molecular complexity index is 2270. The lowest BCUT2D eigenvalue weighted by molar-refractivity contribution is -0.162. The van der Waals surface area contributed by atoms with Crippen LogP contribution in [0.3, 0.4) is 0 Å². The number of aromatic nitrogens is 1. The van der Waals surface area contributed by atoms with Crippen molar-refractivity contribution in [2.75, 3.05) is 18.5 Å². The van der Waals surface area contributed by atoms with E-state index in [4.69, 9.17) is 13.9 Å². The summed E-state index contributed by atoms with van der Waals surface area (Å²) in [5.74, 6) is -2.18. The third kappa shape index (κ3) is 9.40. The summed E-state index contributed by atoms with van der Waals surface area (Å²) in [6, 6.07) is 32.2. The van der Waals surface area contributed by atoms with Crippen molar-refractivity contribution in [3.63, 3.8) is 0 Å². The lowest BCUT2D eigenvalue weighted by Crippen LogP contribution is -2.72. The van der Waals surface area contributed by atoms with Crippen LogP contribution < -0.4 is 21.2 Å². The average molecular weight is 872 g/mol. The van der Waals surface area contributed by atoms with Gasteiger partial charge in [0.05, 0.1) is 18.1 Å². The SMILES string of the molecule is C=CCOC(=O)Nc1cc(C=C2CCC[C@H]([C@@H]3[C@@H]([C@@H](C)O[Si](C)(C)C(C)(C)C)C(=O)N3C(C(=O)OCC=C)=P(c3ccccc3)(c3ccccc3)c3ccccc3)C2=O)ccn1. The predicted octanol–water partition coefficient (Wildman–Crippen LogP) is 8.66. The first-order valence-electron chi connectivity index (χ1n) is 21.1. The zero-order valence-electron chi connectivity index (χ0n) is 36.6. The first-order valence-corrected chi connectivity index (χ1v) is 25.8. The van der Waals surface area contributed by atoms with Crippen LogP contribution in [-0.4, -0.2) is 72.7 Å². The fourth-order valence-corrected chi connectivity index (χ4v) is 14.1. The third-order valence-corrected chi connectivity index (χ3v) is 21.0. The van der Waals surface area contributed by atoms with Crippen molar-refractivity contribution in [1.29, 1.82) is 0 Å². The van der Waals surface area contributed by atoms with Crippen LogP contribution in [0.1, 0.15) is 52.5 Å². The Hall–Kier alpha value is -5.61. The van der Waals surface area contributed by atoms with E-state index >= 15 is 14.4 Å². The highest BCUT2D eigenvalue weighted by Gasteiger charge is 2.60. The van der Waals surface area contributed by atoms with Gasteiger partial charge in [-0.3, -0.25) is 14.9 Å². The highest BCUT2D eigenvalue weighted by Crippen LogP contribution is 2.52. The maximum atomic E-state index is 15.5. The Balaban J connectivity index is 1.59. The number of ether oxygens (including phenoxy) is 2. The molecular weight excluding hydrogens is 814 g/mol. The Kier molecular flexibility index (Phi) is 14.5. The zero-order valence-corrected chi connectivity index (χ0v) is 38.5. The number of nitrogens with zero attached hydrogens (tertiary/aromatic N) is 2. The van der Waals surface area contributed by atoms with Crippen LogP contribution >= 0.6 is 6.89 Å². The average Bonchev–Trinajstić information content (AvgIpc) is 3.25. The second-order valence-corrected chi connectivity index (χ2v) is 25.3. The predicted molar refractivity (Wildman–Crippen MR) is 253 cm³/mol. The maximum absolute atomic E-state index is 15.5. The van der Waals surface area contributed by atoms with E-state index in [1.165, 1.54) is 12.2 Å². The number of hydrogen-bond acceptors (Lipinski definition) is 8. The normalized spacial score (nSPS) is 19.2. The summed E-state index contributed by atoms with van der Waals surface area (Å²) >= 11 is 0. The number of amides is 2. The number of pyridine rings is 1. The van der Waals surface area contributed by atoms with Crippen LogP contribution in [0.2, 0.25) is 18.1 Å². The number of ketones is 1. The van der Waals surface area contributed by atoms with Gasteiger partial charge < -0.3 is 18.8 Å². The molecule has 0 spiro atoms. The number of anilines is 1. The van der Waals surface area contributed by atoms with Crippen molar-refractivity contribution in [2.45, 2.75) is 77.2 Å². The lowest BCUT2D eigenvalue weighted by Gasteiger charge is -2.55. The highest BCUT2D eigenvalue weighted by molar-refractivity contribution is 7.96. The molecule has 4 aromatic rings. The molecule has 2 heterocycles. The van der Waals surface area contributed by atoms with Gasteiger partial charge in [0.15, 0.2) is 14.1 Å². The van der Waals surface area contributed by atoms with Crippen LogP contribution in [0.4, 0.5) is 10.6 Å². The van der Waals surface area contributed by atoms with Gasteiger partial charge in [-0.25, -0.2) is 14.6 Å². The van der Waals surface area contributed by atoms with Crippen molar-refractivity contribution in [3.05, 3.63) is 146 Å². The summed E-state index contributed by atoms with van der Waals surface area (Å²) in [6.07, 6.45) is 6.80. The Labute approximate surface area is 367 Å². The smallest absolute Gasteiger partial charge is 0.413 e. The van der Waals surface area contributed by atoms with Gasteiger partial charge in [0.1, 0.15) is 24.4 Å². The molecule has 2 amide bonds. The molecule has 62 heavy (non-hydrogen) atoms.